The third-order valence-electron chi connectivity index (χ3n) is 6.30. The number of phenolic OH excluding ortho intramolecular Hbond substituents is 1. The molecule has 7 nitrogen and oxygen atoms in total. The van der Waals surface area contributed by atoms with Gasteiger partial charge in [-0.2, -0.15) is 0 Å². The van der Waals surface area contributed by atoms with E-state index >= 15 is 0 Å². The van der Waals surface area contributed by atoms with Gasteiger partial charge in [0, 0.05) is 42.3 Å². The standard InChI is InChI=1S/C26H32N4O3S.C7H8/c1-4-19-7-5-8-20(11-19)15-27-9-6-10-28-25(32)21-12-22(14-23(31)13-21)26(33)30(3)16-24-29-18(2)17-34-24;1-7-5-3-2-4-6-7/h5,7-8,11-14,17,27,31H,4,6,9-10,15-16H2,1-3H3,(H,28,32);2-6H,1H3. The molecule has 41 heavy (non-hydrogen) atoms. The third kappa shape index (κ3) is 10.8. The van der Waals surface area contributed by atoms with Crippen LogP contribution in [0.4, 0.5) is 0 Å². The monoisotopic (exact) mass is 572 g/mol. The van der Waals surface area contributed by atoms with Gasteiger partial charge in [-0.05, 0) is 62.6 Å². The van der Waals surface area contributed by atoms with Crippen LogP contribution in [0.5, 0.6) is 5.75 Å². The van der Waals surface area contributed by atoms with Crippen LogP contribution in [-0.4, -0.2) is 46.9 Å². The summed E-state index contributed by atoms with van der Waals surface area (Å²) in [5.74, 6) is -0.724. The van der Waals surface area contributed by atoms with E-state index in [9.17, 15) is 14.7 Å². The van der Waals surface area contributed by atoms with Crippen LogP contribution in [0.3, 0.4) is 0 Å². The summed E-state index contributed by atoms with van der Waals surface area (Å²) in [5.41, 5.74) is 5.32. The Balaban J connectivity index is 0.000000575. The molecule has 3 N–H and O–H groups in total. The number of hydrogen-bond acceptors (Lipinski definition) is 6. The van der Waals surface area contributed by atoms with E-state index in [-0.39, 0.29) is 28.7 Å². The van der Waals surface area contributed by atoms with E-state index in [0.29, 0.717) is 13.1 Å². The van der Waals surface area contributed by atoms with Crippen molar-refractivity contribution in [1.29, 1.82) is 0 Å². The topological polar surface area (TPSA) is 94.6 Å². The SMILES string of the molecule is CCc1cccc(CNCCCNC(=O)c2cc(O)cc(C(=O)N(C)Cc3nc(C)cs3)c2)c1.Cc1ccccc1. The van der Waals surface area contributed by atoms with Gasteiger partial charge >= 0.3 is 0 Å². The smallest absolute Gasteiger partial charge is 0.254 e. The number of carbonyl (C=O) groups excluding carboxylic acids is 2. The van der Waals surface area contributed by atoms with Crippen LogP contribution < -0.4 is 10.6 Å². The fraction of sp³-hybridized carbons (Fsp3) is 0.303. The molecule has 216 valence electrons. The highest BCUT2D eigenvalue weighted by Gasteiger charge is 2.17. The third-order valence-corrected chi connectivity index (χ3v) is 7.25. The van der Waals surface area contributed by atoms with Crippen LogP contribution in [0.1, 0.15) is 61.5 Å². The Morgan fingerprint density at radius 1 is 0.927 bits per heavy atom. The average Bonchev–Trinajstić information content (AvgIpc) is 3.38. The number of aryl methyl sites for hydroxylation is 3. The van der Waals surface area contributed by atoms with E-state index in [4.69, 9.17) is 0 Å². The Morgan fingerprint density at radius 3 is 2.32 bits per heavy atom. The Hall–Kier alpha value is -4.01. The summed E-state index contributed by atoms with van der Waals surface area (Å²) >= 11 is 1.49. The first-order chi connectivity index (χ1) is 19.7. The zero-order valence-electron chi connectivity index (χ0n) is 24.3. The van der Waals surface area contributed by atoms with E-state index in [1.807, 2.05) is 30.5 Å². The fourth-order valence-corrected chi connectivity index (χ4v) is 4.90. The molecular weight excluding hydrogens is 532 g/mol. The molecule has 1 aromatic heterocycles. The molecule has 0 saturated heterocycles. The number of hydrogen-bond donors (Lipinski definition) is 3. The van der Waals surface area contributed by atoms with Crippen molar-refractivity contribution in [1.82, 2.24) is 20.5 Å². The van der Waals surface area contributed by atoms with Crippen LogP contribution in [0.15, 0.2) is 78.2 Å². The van der Waals surface area contributed by atoms with Crippen LogP contribution in [0.2, 0.25) is 0 Å². The summed E-state index contributed by atoms with van der Waals surface area (Å²) < 4.78 is 0. The maximum atomic E-state index is 12.8. The van der Waals surface area contributed by atoms with Crippen molar-refractivity contribution in [3.63, 3.8) is 0 Å². The molecule has 0 fully saturated rings. The maximum Gasteiger partial charge on any atom is 0.254 e. The average molecular weight is 573 g/mol. The molecule has 2 amide bonds. The number of phenols is 1. The number of carbonyl (C=O) groups is 2. The molecule has 0 aliphatic carbocycles. The Labute approximate surface area is 247 Å². The number of nitrogens with zero attached hydrogens (tertiary/aromatic N) is 2. The molecule has 4 aromatic rings. The number of nitrogens with one attached hydrogen (secondary N) is 2. The molecule has 0 spiro atoms. The molecule has 8 heteroatoms. The maximum absolute atomic E-state index is 12.8. The number of rotatable bonds is 11. The molecule has 0 radical (unpaired) electrons. The fourth-order valence-electron chi connectivity index (χ4n) is 4.08. The highest BCUT2D eigenvalue weighted by molar-refractivity contribution is 7.09. The molecular formula is C33H40N4O3S. The molecule has 0 unspecified atom stereocenters. The number of benzene rings is 3. The lowest BCUT2D eigenvalue weighted by Crippen LogP contribution is -2.28. The summed E-state index contributed by atoms with van der Waals surface area (Å²) in [6.07, 6.45) is 1.78. The summed E-state index contributed by atoms with van der Waals surface area (Å²) in [6, 6.07) is 23.0. The molecule has 0 atom stereocenters. The second-order valence-electron chi connectivity index (χ2n) is 9.93. The summed E-state index contributed by atoms with van der Waals surface area (Å²) in [4.78, 5) is 31.3. The number of aromatic hydroxyl groups is 1. The van der Waals surface area contributed by atoms with Crippen LogP contribution in [0, 0.1) is 13.8 Å². The van der Waals surface area contributed by atoms with Crippen molar-refractivity contribution >= 4 is 23.2 Å². The van der Waals surface area contributed by atoms with E-state index in [1.54, 1.807) is 7.05 Å². The van der Waals surface area contributed by atoms with Gasteiger partial charge in [0.25, 0.3) is 11.8 Å². The van der Waals surface area contributed by atoms with E-state index in [0.717, 1.165) is 36.6 Å². The lowest BCUT2D eigenvalue weighted by Gasteiger charge is -2.16. The van der Waals surface area contributed by atoms with Gasteiger partial charge < -0.3 is 20.6 Å². The molecule has 0 aliphatic heterocycles. The first-order valence-electron chi connectivity index (χ1n) is 13.8. The van der Waals surface area contributed by atoms with Crippen molar-refractivity contribution in [2.24, 2.45) is 0 Å². The molecule has 0 bridgehead atoms. The Kier molecular flexibility index (Phi) is 12.5. The van der Waals surface area contributed by atoms with Crippen molar-refractivity contribution in [3.8, 4) is 5.75 Å². The minimum atomic E-state index is -0.321. The van der Waals surface area contributed by atoms with Crippen molar-refractivity contribution < 1.29 is 14.7 Å². The van der Waals surface area contributed by atoms with Gasteiger partial charge in [-0.15, -0.1) is 11.3 Å². The minimum absolute atomic E-state index is 0.120. The second-order valence-corrected chi connectivity index (χ2v) is 10.9. The van der Waals surface area contributed by atoms with E-state index in [2.05, 4.69) is 65.9 Å². The van der Waals surface area contributed by atoms with Gasteiger partial charge in [-0.1, -0.05) is 67.1 Å². The highest BCUT2D eigenvalue weighted by atomic mass is 32.1. The van der Waals surface area contributed by atoms with Crippen molar-refractivity contribution in [2.75, 3.05) is 20.1 Å². The van der Waals surface area contributed by atoms with Crippen LogP contribution in [-0.2, 0) is 19.5 Å². The van der Waals surface area contributed by atoms with Gasteiger partial charge in [0.1, 0.15) is 10.8 Å². The first-order valence-corrected chi connectivity index (χ1v) is 14.7. The summed E-state index contributed by atoms with van der Waals surface area (Å²) in [5, 5.41) is 19.1. The predicted octanol–water partition coefficient (Wildman–Crippen LogP) is 5.90. The summed E-state index contributed by atoms with van der Waals surface area (Å²) in [7, 11) is 1.67. The molecule has 3 aromatic carbocycles. The Morgan fingerprint density at radius 2 is 1.66 bits per heavy atom. The van der Waals surface area contributed by atoms with Crippen LogP contribution in [0.25, 0.3) is 0 Å². The van der Waals surface area contributed by atoms with Gasteiger partial charge in [-0.3, -0.25) is 9.59 Å². The van der Waals surface area contributed by atoms with Gasteiger partial charge in [0.2, 0.25) is 0 Å². The number of thiazole rings is 1. The highest BCUT2D eigenvalue weighted by Crippen LogP contribution is 2.19. The molecule has 0 saturated carbocycles. The van der Waals surface area contributed by atoms with Crippen molar-refractivity contribution in [2.45, 2.75) is 46.7 Å². The summed E-state index contributed by atoms with van der Waals surface area (Å²) in [6.45, 7) is 8.54. The predicted molar refractivity (Wildman–Crippen MR) is 166 cm³/mol. The van der Waals surface area contributed by atoms with Crippen LogP contribution >= 0.6 is 11.3 Å². The molecule has 0 aliphatic rings. The zero-order valence-corrected chi connectivity index (χ0v) is 25.1. The van der Waals surface area contributed by atoms with E-state index in [1.165, 1.54) is 51.1 Å². The number of aromatic nitrogens is 1. The largest absolute Gasteiger partial charge is 0.508 e. The lowest BCUT2D eigenvalue weighted by molar-refractivity contribution is 0.0784. The Bertz CT molecular complexity index is 1400. The number of amides is 2. The minimum Gasteiger partial charge on any atom is -0.508 e. The molecule has 1 heterocycles. The van der Waals surface area contributed by atoms with Crippen molar-refractivity contribution in [3.05, 3.63) is 117 Å². The lowest BCUT2D eigenvalue weighted by atomic mass is 10.1. The quantitative estimate of drug-likeness (QED) is 0.195. The van der Waals surface area contributed by atoms with Gasteiger partial charge in [-0.25, -0.2) is 4.98 Å². The van der Waals surface area contributed by atoms with E-state index < -0.39 is 0 Å². The second kappa shape index (κ2) is 16.3. The van der Waals surface area contributed by atoms with Gasteiger partial charge in [0.15, 0.2) is 0 Å². The van der Waals surface area contributed by atoms with Gasteiger partial charge in [0.05, 0.1) is 6.54 Å². The molecule has 4 rings (SSSR count). The normalized spacial score (nSPS) is 10.4. The first kappa shape index (κ1) is 31.5. The zero-order chi connectivity index (χ0) is 29.6.